The molecule has 24 heavy (non-hydrogen) atoms. The van der Waals surface area contributed by atoms with Gasteiger partial charge in [0.15, 0.2) is 0 Å². The van der Waals surface area contributed by atoms with Gasteiger partial charge in [0.05, 0.1) is 12.4 Å². The Morgan fingerprint density at radius 1 is 1.04 bits per heavy atom. The highest BCUT2D eigenvalue weighted by Crippen LogP contribution is 2.22. The monoisotopic (exact) mass is 323 g/mol. The van der Waals surface area contributed by atoms with Crippen molar-refractivity contribution in [3.05, 3.63) is 65.4 Å². The highest BCUT2D eigenvalue weighted by Gasteiger charge is 2.08. The van der Waals surface area contributed by atoms with Crippen LogP contribution in [0.3, 0.4) is 0 Å². The molecule has 0 aromatic carbocycles. The van der Waals surface area contributed by atoms with Gasteiger partial charge in [-0.3, -0.25) is 9.67 Å². The Labute approximate surface area is 141 Å². The molecule has 0 aliphatic carbocycles. The van der Waals surface area contributed by atoms with E-state index in [1.807, 2.05) is 49.1 Å². The van der Waals surface area contributed by atoms with Gasteiger partial charge in [-0.05, 0) is 32.0 Å². The van der Waals surface area contributed by atoms with E-state index < -0.39 is 0 Å². The highest BCUT2D eigenvalue weighted by atomic mass is 16.5. The third-order valence-corrected chi connectivity index (χ3v) is 3.92. The summed E-state index contributed by atoms with van der Waals surface area (Å²) in [5.74, 6) is 1.28. The summed E-state index contributed by atoms with van der Waals surface area (Å²) < 4.78 is 7.74. The number of aromatic nitrogens is 4. The summed E-state index contributed by atoms with van der Waals surface area (Å²) in [5, 5.41) is 7.67. The predicted molar refractivity (Wildman–Crippen MR) is 91.8 cm³/mol. The number of hydrogen-bond acceptors (Lipinski definition) is 5. The third-order valence-electron chi connectivity index (χ3n) is 3.92. The Morgan fingerprint density at radius 3 is 2.58 bits per heavy atom. The number of pyridine rings is 2. The van der Waals surface area contributed by atoms with E-state index >= 15 is 0 Å². The van der Waals surface area contributed by atoms with Gasteiger partial charge in [0.1, 0.15) is 5.75 Å². The second-order valence-corrected chi connectivity index (χ2v) is 5.69. The van der Waals surface area contributed by atoms with Crippen LogP contribution in [0.5, 0.6) is 11.6 Å². The molecule has 0 radical (unpaired) electrons. The predicted octanol–water partition coefficient (Wildman–Crippen LogP) is 2.91. The van der Waals surface area contributed by atoms with E-state index in [2.05, 4.69) is 27.3 Å². The summed E-state index contributed by atoms with van der Waals surface area (Å²) in [4.78, 5) is 8.58. The molecule has 6 nitrogen and oxygen atoms in total. The Balaban J connectivity index is 1.65. The molecule has 0 saturated heterocycles. The molecule has 1 N–H and O–H groups in total. The normalized spacial score (nSPS) is 10.8. The van der Waals surface area contributed by atoms with Gasteiger partial charge in [-0.1, -0.05) is 6.07 Å². The number of rotatable bonds is 6. The maximum atomic E-state index is 5.87. The van der Waals surface area contributed by atoms with Crippen LogP contribution in [-0.4, -0.2) is 19.7 Å². The van der Waals surface area contributed by atoms with E-state index in [1.165, 1.54) is 5.56 Å². The zero-order valence-corrected chi connectivity index (χ0v) is 14.2. The number of nitrogens with zero attached hydrogens (tertiary/aromatic N) is 4. The van der Waals surface area contributed by atoms with E-state index in [4.69, 9.17) is 4.74 Å². The molecule has 0 atom stereocenters. The van der Waals surface area contributed by atoms with Crippen LogP contribution >= 0.6 is 0 Å². The zero-order chi connectivity index (χ0) is 16.9. The Kier molecular flexibility index (Phi) is 4.86. The van der Waals surface area contributed by atoms with Gasteiger partial charge in [0, 0.05) is 48.8 Å². The van der Waals surface area contributed by atoms with Crippen LogP contribution in [0.1, 0.15) is 22.5 Å². The minimum Gasteiger partial charge on any atom is -0.437 e. The Bertz CT molecular complexity index is 811. The second-order valence-electron chi connectivity index (χ2n) is 5.69. The van der Waals surface area contributed by atoms with E-state index in [-0.39, 0.29) is 0 Å². The molecule has 6 heteroatoms. The highest BCUT2D eigenvalue weighted by molar-refractivity contribution is 5.31. The van der Waals surface area contributed by atoms with Crippen LogP contribution in [-0.2, 0) is 20.1 Å². The molecule has 0 aliphatic rings. The first-order valence-electron chi connectivity index (χ1n) is 7.86. The van der Waals surface area contributed by atoms with Gasteiger partial charge < -0.3 is 10.1 Å². The first kappa shape index (κ1) is 16.1. The second kappa shape index (κ2) is 7.23. The minimum absolute atomic E-state index is 0.596. The zero-order valence-electron chi connectivity index (χ0n) is 14.2. The van der Waals surface area contributed by atoms with Crippen molar-refractivity contribution in [3.63, 3.8) is 0 Å². The number of ether oxygens (including phenoxy) is 1. The standard InChI is InChI=1S/C18H21N5O/c1-13-6-7-17(12-21-13)24-18-15(5-4-8-20-18)9-19-10-16-11-22-23(3)14(16)2/h4-8,11-12,19H,9-10H2,1-3H3. The van der Waals surface area contributed by atoms with Crippen molar-refractivity contribution >= 4 is 0 Å². The molecule has 0 fully saturated rings. The minimum atomic E-state index is 0.596. The SMILES string of the molecule is Cc1ccc(Oc2ncccc2CNCc2cnn(C)c2C)cn1. The number of aryl methyl sites for hydroxylation is 2. The van der Waals surface area contributed by atoms with Crippen LogP contribution < -0.4 is 10.1 Å². The van der Waals surface area contributed by atoms with E-state index in [0.29, 0.717) is 18.2 Å². The van der Waals surface area contributed by atoms with Crippen LogP contribution in [0, 0.1) is 13.8 Å². The molecule has 124 valence electrons. The average molecular weight is 323 g/mol. The van der Waals surface area contributed by atoms with Gasteiger partial charge in [0.25, 0.3) is 0 Å². The van der Waals surface area contributed by atoms with Crippen molar-refractivity contribution in [2.75, 3.05) is 0 Å². The van der Waals surface area contributed by atoms with E-state index in [9.17, 15) is 0 Å². The molecular formula is C18H21N5O. The summed E-state index contributed by atoms with van der Waals surface area (Å²) >= 11 is 0. The van der Waals surface area contributed by atoms with Crippen molar-refractivity contribution in [1.29, 1.82) is 0 Å². The van der Waals surface area contributed by atoms with Crippen molar-refractivity contribution in [3.8, 4) is 11.6 Å². The van der Waals surface area contributed by atoms with Crippen molar-refractivity contribution in [1.82, 2.24) is 25.1 Å². The van der Waals surface area contributed by atoms with Gasteiger partial charge in [-0.2, -0.15) is 5.10 Å². The van der Waals surface area contributed by atoms with Gasteiger partial charge in [0.2, 0.25) is 5.88 Å². The third kappa shape index (κ3) is 3.78. The van der Waals surface area contributed by atoms with Gasteiger partial charge >= 0.3 is 0 Å². The molecule has 0 saturated carbocycles. The topological polar surface area (TPSA) is 64.9 Å². The summed E-state index contributed by atoms with van der Waals surface area (Å²) in [7, 11) is 1.95. The maximum Gasteiger partial charge on any atom is 0.223 e. The van der Waals surface area contributed by atoms with Crippen LogP contribution in [0.2, 0.25) is 0 Å². The smallest absolute Gasteiger partial charge is 0.223 e. The summed E-state index contributed by atoms with van der Waals surface area (Å²) in [6.07, 6.45) is 5.33. The van der Waals surface area contributed by atoms with E-state index in [1.54, 1.807) is 12.4 Å². The molecule has 3 aromatic rings. The fraction of sp³-hybridized carbons (Fsp3) is 0.278. The lowest BCUT2D eigenvalue weighted by Gasteiger charge is -2.10. The number of nitrogens with one attached hydrogen (secondary N) is 1. The van der Waals surface area contributed by atoms with Crippen molar-refractivity contribution < 1.29 is 4.74 Å². The fourth-order valence-electron chi connectivity index (χ4n) is 2.33. The van der Waals surface area contributed by atoms with Gasteiger partial charge in [-0.25, -0.2) is 4.98 Å². The van der Waals surface area contributed by atoms with Crippen molar-refractivity contribution in [2.24, 2.45) is 7.05 Å². The van der Waals surface area contributed by atoms with Crippen LogP contribution in [0.25, 0.3) is 0 Å². The average Bonchev–Trinajstić information content (AvgIpc) is 2.90. The Morgan fingerprint density at radius 2 is 1.88 bits per heavy atom. The maximum absolute atomic E-state index is 5.87. The fourth-order valence-corrected chi connectivity index (χ4v) is 2.33. The first-order chi connectivity index (χ1) is 11.6. The molecule has 0 spiro atoms. The lowest BCUT2D eigenvalue weighted by molar-refractivity contribution is 0.450. The van der Waals surface area contributed by atoms with E-state index in [0.717, 1.165) is 23.5 Å². The summed E-state index contributed by atoms with van der Waals surface area (Å²) in [5.41, 5.74) is 4.30. The molecular weight excluding hydrogens is 302 g/mol. The lowest BCUT2D eigenvalue weighted by atomic mass is 10.2. The lowest BCUT2D eigenvalue weighted by Crippen LogP contribution is -2.14. The molecule has 3 rings (SSSR count). The largest absolute Gasteiger partial charge is 0.437 e. The number of hydrogen-bond donors (Lipinski definition) is 1. The van der Waals surface area contributed by atoms with Crippen LogP contribution in [0.4, 0.5) is 0 Å². The molecule has 0 bridgehead atoms. The summed E-state index contributed by atoms with van der Waals surface area (Å²) in [6.45, 7) is 5.42. The molecule has 3 heterocycles. The van der Waals surface area contributed by atoms with Crippen LogP contribution in [0.15, 0.2) is 42.9 Å². The molecule has 0 unspecified atom stereocenters. The Hall–Kier alpha value is -2.73. The van der Waals surface area contributed by atoms with Crippen molar-refractivity contribution in [2.45, 2.75) is 26.9 Å². The quantitative estimate of drug-likeness (QED) is 0.755. The molecule has 3 aromatic heterocycles. The first-order valence-corrected chi connectivity index (χ1v) is 7.86. The summed E-state index contributed by atoms with van der Waals surface area (Å²) in [6, 6.07) is 7.73. The molecule has 0 amide bonds. The molecule has 0 aliphatic heterocycles. The van der Waals surface area contributed by atoms with Gasteiger partial charge in [-0.15, -0.1) is 0 Å².